The number of rotatable bonds is 2. The molecular weight excluding hydrogens is 196 g/mol. The average Bonchev–Trinajstić information content (AvgIpc) is 2.66. The Kier molecular flexibility index (Phi) is 2.37. The third-order valence-electron chi connectivity index (χ3n) is 2.24. The van der Waals surface area contributed by atoms with Gasteiger partial charge in [0, 0.05) is 13.0 Å². The molecule has 0 unspecified atom stereocenters. The summed E-state index contributed by atoms with van der Waals surface area (Å²) in [5.41, 5.74) is 0.705. The molecule has 0 bridgehead atoms. The van der Waals surface area contributed by atoms with E-state index in [4.69, 9.17) is 5.11 Å². The van der Waals surface area contributed by atoms with E-state index in [0.717, 1.165) is 18.9 Å². The number of benzene rings is 1. The molecule has 1 aromatic rings. The Morgan fingerprint density at radius 1 is 1.20 bits per heavy atom. The van der Waals surface area contributed by atoms with Gasteiger partial charge in [-0.25, -0.2) is 0 Å². The first kappa shape index (κ1) is 9.64. The number of hydrogen-bond acceptors (Lipinski definition) is 5. The van der Waals surface area contributed by atoms with Gasteiger partial charge >= 0.3 is 0 Å². The van der Waals surface area contributed by atoms with Crippen LogP contribution in [0.4, 0.5) is 0 Å². The molecule has 5 heteroatoms. The lowest BCUT2D eigenvalue weighted by atomic mass is 10.1. The number of nitrogens with zero attached hydrogens (tertiary/aromatic N) is 1. The average molecular weight is 208 g/mol. The van der Waals surface area contributed by atoms with E-state index in [-0.39, 0.29) is 11.5 Å². The maximum absolute atomic E-state index is 9.28. The Labute approximate surface area is 86.7 Å². The SMILES string of the molecule is Oc1cc(CC2=NCCN2)cc(O)c1O. The van der Waals surface area contributed by atoms with E-state index in [1.165, 1.54) is 12.1 Å². The standard InChI is InChI=1S/C10H12N2O3/c13-7-3-6(4-8(14)10(7)15)5-9-11-1-2-12-9/h3-4,13-15H,1-2,5H2,(H,11,12). The van der Waals surface area contributed by atoms with Crippen LogP contribution in [0.25, 0.3) is 0 Å². The van der Waals surface area contributed by atoms with Crippen LogP contribution < -0.4 is 5.32 Å². The molecule has 0 aliphatic carbocycles. The zero-order valence-corrected chi connectivity index (χ0v) is 8.06. The van der Waals surface area contributed by atoms with Gasteiger partial charge in [0.2, 0.25) is 0 Å². The molecule has 1 aliphatic rings. The minimum absolute atomic E-state index is 0.316. The van der Waals surface area contributed by atoms with Crippen LogP contribution in [0, 0.1) is 0 Å². The van der Waals surface area contributed by atoms with Crippen molar-refractivity contribution in [3.8, 4) is 17.2 Å². The molecule has 0 saturated carbocycles. The van der Waals surface area contributed by atoms with Gasteiger partial charge in [0.1, 0.15) is 5.84 Å². The predicted molar refractivity (Wildman–Crippen MR) is 55.4 cm³/mol. The van der Waals surface area contributed by atoms with Gasteiger partial charge in [0.05, 0.1) is 6.54 Å². The molecule has 1 heterocycles. The smallest absolute Gasteiger partial charge is 0.200 e. The lowest BCUT2D eigenvalue weighted by Gasteiger charge is -2.06. The van der Waals surface area contributed by atoms with Gasteiger partial charge in [0.25, 0.3) is 0 Å². The molecule has 4 N–H and O–H groups in total. The van der Waals surface area contributed by atoms with E-state index in [1.54, 1.807) is 0 Å². The Morgan fingerprint density at radius 3 is 2.40 bits per heavy atom. The topological polar surface area (TPSA) is 85.1 Å². The number of amidine groups is 1. The summed E-state index contributed by atoms with van der Waals surface area (Å²) in [6.45, 7) is 1.58. The highest BCUT2D eigenvalue weighted by atomic mass is 16.3. The van der Waals surface area contributed by atoms with Crippen LogP contribution in [-0.4, -0.2) is 34.2 Å². The molecule has 0 fully saturated rings. The molecule has 0 atom stereocenters. The van der Waals surface area contributed by atoms with Crippen LogP contribution in [0.15, 0.2) is 17.1 Å². The normalized spacial score (nSPS) is 14.8. The fourth-order valence-electron chi connectivity index (χ4n) is 1.52. The molecule has 5 nitrogen and oxygen atoms in total. The number of phenolic OH excluding ortho intramolecular Hbond substituents is 3. The van der Waals surface area contributed by atoms with Gasteiger partial charge in [-0.2, -0.15) is 0 Å². The molecule has 1 aromatic carbocycles. The number of hydrogen-bond donors (Lipinski definition) is 4. The second-order valence-corrected chi connectivity index (χ2v) is 3.41. The predicted octanol–water partition coefficient (Wildman–Crippen LogP) is 0.348. The summed E-state index contributed by atoms with van der Waals surface area (Å²) in [6.07, 6.45) is 0.515. The fraction of sp³-hybridized carbons (Fsp3) is 0.300. The second kappa shape index (κ2) is 3.68. The Hall–Kier alpha value is -1.91. The van der Waals surface area contributed by atoms with Crippen molar-refractivity contribution < 1.29 is 15.3 Å². The number of aliphatic imine (C=N–C) groups is 1. The Balaban J connectivity index is 2.22. The van der Waals surface area contributed by atoms with E-state index < -0.39 is 5.75 Å². The van der Waals surface area contributed by atoms with Crippen molar-refractivity contribution in [3.63, 3.8) is 0 Å². The number of nitrogens with one attached hydrogen (secondary N) is 1. The molecule has 2 rings (SSSR count). The molecule has 0 amide bonds. The zero-order chi connectivity index (χ0) is 10.8. The molecule has 0 radical (unpaired) electrons. The molecule has 15 heavy (non-hydrogen) atoms. The summed E-state index contributed by atoms with van der Waals surface area (Å²) in [5.74, 6) is -0.285. The first-order valence-electron chi connectivity index (χ1n) is 4.68. The van der Waals surface area contributed by atoms with Crippen LogP contribution in [0.3, 0.4) is 0 Å². The summed E-state index contributed by atoms with van der Waals surface area (Å²) in [7, 11) is 0. The van der Waals surface area contributed by atoms with E-state index in [0.29, 0.717) is 12.0 Å². The van der Waals surface area contributed by atoms with Gasteiger partial charge in [-0.05, 0) is 17.7 Å². The lowest BCUT2D eigenvalue weighted by Crippen LogP contribution is -2.20. The van der Waals surface area contributed by atoms with Gasteiger partial charge in [-0.15, -0.1) is 0 Å². The Bertz CT molecular complexity index is 392. The van der Waals surface area contributed by atoms with Crippen molar-refractivity contribution in [1.29, 1.82) is 0 Å². The molecule has 0 spiro atoms. The number of aromatic hydroxyl groups is 3. The van der Waals surface area contributed by atoms with Crippen molar-refractivity contribution in [2.45, 2.75) is 6.42 Å². The van der Waals surface area contributed by atoms with E-state index in [2.05, 4.69) is 10.3 Å². The molecule has 80 valence electrons. The number of phenols is 3. The van der Waals surface area contributed by atoms with E-state index in [1.807, 2.05) is 0 Å². The minimum atomic E-state index is -0.486. The van der Waals surface area contributed by atoms with E-state index >= 15 is 0 Å². The van der Waals surface area contributed by atoms with E-state index in [9.17, 15) is 10.2 Å². The summed E-state index contributed by atoms with van der Waals surface area (Å²) in [4.78, 5) is 4.19. The third kappa shape index (κ3) is 1.96. The first-order valence-corrected chi connectivity index (χ1v) is 4.68. The van der Waals surface area contributed by atoms with Crippen molar-refractivity contribution in [1.82, 2.24) is 5.32 Å². The highest BCUT2D eigenvalue weighted by Crippen LogP contribution is 2.35. The van der Waals surface area contributed by atoms with Crippen molar-refractivity contribution >= 4 is 5.84 Å². The molecular formula is C10H12N2O3. The summed E-state index contributed by atoms with van der Waals surface area (Å²) < 4.78 is 0. The quantitative estimate of drug-likeness (QED) is 0.528. The monoisotopic (exact) mass is 208 g/mol. The summed E-state index contributed by atoms with van der Waals surface area (Å²) in [6, 6.07) is 2.83. The lowest BCUT2D eigenvalue weighted by molar-refractivity contribution is 0.367. The maximum Gasteiger partial charge on any atom is 0.200 e. The second-order valence-electron chi connectivity index (χ2n) is 3.41. The van der Waals surface area contributed by atoms with Crippen molar-refractivity contribution in [2.24, 2.45) is 4.99 Å². The zero-order valence-electron chi connectivity index (χ0n) is 8.06. The van der Waals surface area contributed by atoms with Crippen molar-refractivity contribution in [3.05, 3.63) is 17.7 Å². The van der Waals surface area contributed by atoms with Gasteiger partial charge in [-0.3, -0.25) is 4.99 Å². The Morgan fingerprint density at radius 2 is 1.87 bits per heavy atom. The van der Waals surface area contributed by atoms with Crippen molar-refractivity contribution in [2.75, 3.05) is 13.1 Å². The maximum atomic E-state index is 9.28. The largest absolute Gasteiger partial charge is 0.504 e. The van der Waals surface area contributed by atoms with Crippen LogP contribution in [-0.2, 0) is 6.42 Å². The fourth-order valence-corrected chi connectivity index (χ4v) is 1.52. The first-order chi connectivity index (χ1) is 7.16. The van der Waals surface area contributed by atoms with Crippen LogP contribution in [0.5, 0.6) is 17.2 Å². The molecule has 0 saturated heterocycles. The highest BCUT2D eigenvalue weighted by molar-refractivity contribution is 5.86. The highest BCUT2D eigenvalue weighted by Gasteiger charge is 2.11. The summed E-state index contributed by atoms with van der Waals surface area (Å²) >= 11 is 0. The third-order valence-corrected chi connectivity index (χ3v) is 2.24. The van der Waals surface area contributed by atoms with Crippen LogP contribution in [0.1, 0.15) is 5.56 Å². The molecule has 0 aromatic heterocycles. The minimum Gasteiger partial charge on any atom is -0.504 e. The summed E-state index contributed by atoms with van der Waals surface area (Å²) in [5, 5.41) is 30.8. The van der Waals surface area contributed by atoms with Gasteiger partial charge in [-0.1, -0.05) is 0 Å². The van der Waals surface area contributed by atoms with Crippen LogP contribution >= 0.6 is 0 Å². The van der Waals surface area contributed by atoms with Gasteiger partial charge in [0.15, 0.2) is 17.2 Å². The van der Waals surface area contributed by atoms with Gasteiger partial charge < -0.3 is 20.6 Å². The molecule has 1 aliphatic heterocycles. The van der Waals surface area contributed by atoms with Crippen LogP contribution in [0.2, 0.25) is 0 Å².